The van der Waals surface area contributed by atoms with Crippen LogP contribution < -0.4 is 5.73 Å². The Hall–Kier alpha value is -1.23. The third-order valence-corrected chi connectivity index (χ3v) is 4.01. The summed E-state index contributed by atoms with van der Waals surface area (Å²) in [6, 6.07) is 4.09. The van der Waals surface area contributed by atoms with Crippen molar-refractivity contribution >= 4 is 5.69 Å². The van der Waals surface area contributed by atoms with Gasteiger partial charge < -0.3 is 5.73 Å². The number of piperidine rings is 1. The largest absolute Gasteiger partial charge is 0.416 e. The Morgan fingerprint density at radius 2 is 2.10 bits per heavy atom. The summed E-state index contributed by atoms with van der Waals surface area (Å²) in [5.41, 5.74) is 5.37. The average molecular weight is 286 g/mol. The van der Waals surface area contributed by atoms with E-state index in [1.54, 1.807) is 6.07 Å². The number of likely N-dealkylation sites (tertiary alicyclic amines) is 1. The van der Waals surface area contributed by atoms with Gasteiger partial charge in [-0.2, -0.15) is 13.2 Å². The van der Waals surface area contributed by atoms with E-state index in [1.807, 2.05) is 0 Å². The van der Waals surface area contributed by atoms with E-state index in [-0.39, 0.29) is 5.69 Å². The number of nitrogens with zero attached hydrogens (tertiary/aromatic N) is 1. The van der Waals surface area contributed by atoms with Crippen LogP contribution in [0.15, 0.2) is 18.2 Å². The zero-order valence-corrected chi connectivity index (χ0v) is 11.7. The molecular formula is C15H21F3N2. The lowest BCUT2D eigenvalue weighted by Crippen LogP contribution is -2.35. The van der Waals surface area contributed by atoms with Crippen LogP contribution in [0.25, 0.3) is 0 Å². The van der Waals surface area contributed by atoms with Gasteiger partial charge in [0.25, 0.3) is 0 Å². The second-order valence-corrected chi connectivity index (χ2v) is 5.57. The lowest BCUT2D eigenvalue weighted by Gasteiger charge is -2.32. The minimum Gasteiger partial charge on any atom is -0.399 e. The number of hydrogen-bond acceptors (Lipinski definition) is 2. The second kappa shape index (κ2) is 6.04. The van der Waals surface area contributed by atoms with Crippen molar-refractivity contribution in [2.45, 2.75) is 38.9 Å². The van der Waals surface area contributed by atoms with Crippen molar-refractivity contribution in [2.24, 2.45) is 5.92 Å². The number of halogens is 3. The van der Waals surface area contributed by atoms with Gasteiger partial charge in [-0.05, 0) is 43.0 Å². The van der Waals surface area contributed by atoms with Crippen molar-refractivity contribution in [3.8, 4) is 0 Å². The molecule has 0 spiro atoms. The Kier molecular flexibility index (Phi) is 4.58. The van der Waals surface area contributed by atoms with Crippen molar-refractivity contribution < 1.29 is 13.2 Å². The minimum atomic E-state index is -4.34. The zero-order chi connectivity index (χ0) is 14.8. The van der Waals surface area contributed by atoms with E-state index < -0.39 is 11.7 Å². The highest BCUT2D eigenvalue weighted by atomic mass is 19.4. The Morgan fingerprint density at radius 1 is 1.35 bits per heavy atom. The fraction of sp³-hybridized carbons (Fsp3) is 0.600. The van der Waals surface area contributed by atoms with Gasteiger partial charge >= 0.3 is 6.18 Å². The number of hydrogen-bond donors (Lipinski definition) is 1. The van der Waals surface area contributed by atoms with E-state index >= 15 is 0 Å². The molecule has 1 aromatic rings. The molecule has 2 rings (SSSR count). The number of anilines is 1. The molecule has 0 amide bonds. The molecule has 0 aromatic heterocycles. The van der Waals surface area contributed by atoms with E-state index in [2.05, 4.69) is 11.8 Å². The van der Waals surface area contributed by atoms with Gasteiger partial charge in [0.05, 0.1) is 5.56 Å². The smallest absolute Gasteiger partial charge is 0.399 e. The molecular weight excluding hydrogens is 265 g/mol. The topological polar surface area (TPSA) is 29.3 Å². The third-order valence-electron chi connectivity index (χ3n) is 4.01. The fourth-order valence-electron chi connectivity index (χ4n) is 2.86. The lowest BCUT2D eigenvalue weighted by molar-refractivity contribution is -0.138. The molecule has 1 aromatic carbocycles. The molecule has 1 aliphatic heterocycles. The number of rotatable bonds is 3. The zero-order valence-electron chi connectivity index (χ0n) is 11.7. The molecule has 2 nitrogen and oxygen atoms in total. The lowest BCUT2D eigenvalue weighted by atomic mass is 9.95. The Balaban J connectivity index is 2.16. The van der Waals surface area contributed by atoms with Gasteiger partial charge in [-0.15, -0.1) is 0 Å². The molecule has 0 saturated carbocycles. The van der Waals surface area contributed by atoms with Crippen LogP contribution in [0.2, 0.25) is 0 Å². The van der Waals surface area contributed by atoms with Gasteiger partial charge in [0, 0.05) is 18.8 Å². The van der Waals surface area contributed by atoms with Crippen LogP contribution in [0.1, 0.15) is 37.3 Å². The summed E-state index contributed by atoms with van der Waals surface area (Å²) in [7, 11) is 0. The van der Waals surface area contributed by atoms with Gasteiger partial charge in [0.2, 0.25) is 0 Å². The predicted molar refractivity (Wildman–Crippen MR) is 74.1 cm³/mol. The van der Waals surface area contributed by atoms with Gasteiger partial charge in [-0.25, -0.2) is 0 Å². The first-order chi connectivity index (χ1) is 9.40. The van der Waals surface area contributed by atoms with Crippen molar-refractivity contribution in [3.05, 3.63) is 29.3 Å². The molecule has 5 heteroatoms. The number of alkyl halides is 3. The Morgan fingerprint density at radius 3 is 2.75 bits per heavy atom. The van der Waals surface area contributed by atoms with Gasteiger partial charge in [0.1, 0.15) is 0 Å². The van der Waals surface area contributed by atoms with E-state index in [1.165, 1.54) is 12.5 Å². The van der Waals surface area contributed by atoms with E-state index in [0.717, 1.165) is 32.0 Å². The molecule has 20 heavy (non-hydrogen) atoms. The predicted octanol–water partition coefficient (Wildman–Crippen LogP) is 3.91. The minimum absolute atomic E-state index is 0.158. The number of nitrogens with two attached hydrogens (primary N) is 1. The molecule has 2 N–H and O–H groups in total. The van der Waals surface area contributed by atoms with Crippen LogP contribution >= 0.6 is 0 Å². The summed E-state index contributed by atoms with van der Waals surface area (Å²) < 4.78 is 39.2. The van der Waals surface area contributed by atoms with Crippen molar-refractivity contribution in [3.63, 3.8) is 0 Å². The van der Waals surface area contributed by atoms with Crippen LogP contribution in [0.5, 0.6) is 0 Å². The fourth-order valence-corrected chi connectivity index (χ4v) is 2.86. The molecule has 0 aliphatic carbocycles. The maximum absolute atomic E-state index is 13.1. The highest BCUT2D eigenvalue weighted by Crippen LogP contribution is 2.34. The van der Waals surface area contributed by atoms with Gasteiger partial charge in [-0.3, -0.25) is 4.90 Å². The Labute approximate surface area is 117 Å². The second-order valence-electron chi connectivity index (χ2n) is 5.57. The van der Waals surface area contributed by atoms with Crippen LogP contribution in [0.3, 0.4) is 0 Å². The molecule has 112 valence electrons. The standard InChI is InChI=1S/C15H21F3N2/c1-2-11-4-3-7-20(9-11)10-12-5-6-13(19)8-14(12)15(16,17)18/h5-6,8,11H,2-4,7,9-10,19H2,1H3. The first-order valence-electron chi connectivity index (χ1n) is 7.08. The maximum Gasteiger partial charge on any atom is 0.416 e. The third kappa shape index (κ3) is 3.66. The highest BCUT2D eigenvalue weighted by molar-refractivity contribution is 5.46. The van der Waals surface area contributed by atoms with Gasteiger partial charge in [0.15, 0.2) is 0 Å². The van der Waals surface area contributed by atoms with Crippen molar-refractivity contribution in [1.82, 2.24) is 4.90 Å². The first kappa shape index (κ1) is 15.2. The first-order valence-corrected chi connectivity index (χ1v) is 7.08. The van der Waals surface area contributed by atoms with Crippen molar-refractivity contribution in [1.29, 1.82) is 0 Å². The average Bonchev–Trinajstić information content (AvgIpc) is 2.40. The maximum atomic E-state index is 13.1. The summed E-state index contributed by atoms with van der Waals surface area (Å²) in [6.07, 6.45) is -1.01. The monoisotopic (exact) mass is 286 g/mol. The molecule has 1 unspecified atom stereocenters. The molecule has 0 radical (unpaired) electrons. The summed E-state index contributed by atoms with van der Waals surface area (Å²) in [5, 5.41) is 0. The SMILES string of the molecule is CCC1CCCN(Cc2ccc(N)cc2C(F)(F)F)C1. The normalized spacial score (nSPS) is 21.1. The summed E-state index contributed by atoms with van der Waals surface area (Å²) in [6.45, 7) is 4.25. The number of nitrogen functional groups attached to an aromatic ring is 1. The van der Waals surface area contributed by atoms with Crippen LogP contribution in [0, 0.1) is 5.92 Å². The van der Waals surface area contributed by atoms with Crippen LogP contribution in [-0.4, -0.2) is 18.0 Å². The molecule has 1 heterocycles. The van der Waals surface area contributed by atoms with E-state index in [4.69, 9.17) is 5.73 Å². The Bertz CT molecular complexity index is 457. The summed E-state index contributed by atoms with van der Waals surface area (Å²) >= 11 is 0. The molecule has 1 fully saturated rings. The van der Waals surface area contributed by atoms with E-state index in [9.17, 15) is 13.2 Å². The summed E-state index contributed by atoms with van der Waals surface area (Å²) in [4.78, 5) is 2.12. The van der Waals surface area contributed by atoms with Crippen LogP contribution in [0.4, 0.5) is 18.9 Å². The molecule has 0 bridgehead atoms. The molecule has 1 atom stereocenters. The quantitative estimate of drug-likeness (QED) is 0.854. The summed E-state index contributed by atoms with van der Waals surface area (Å²) in [5.74, 6) is 0.604. The number of benzene rings is 1. The highest BCUT2D eigenvalue weighted by Gasteiger charge is 2.34. The van der Waals surface area contributed by atoms with Crippen molar-refractivity contribution in [2.75, 3.05) is 18.8 Å². The van der Waals surface area contributed by atoms with Crippen LogP contribution in [-0.2, 0) is 12.7 Å². The van der Waals surface area contributed by atoms with Gasteiger partial charge in [-0.1, -0.05) is 19.4 Å². The van der Waals surface area contributed by atoms with E-state index in [0.29, 0.717) is 18.0 Å². The molecule has 1 aliphatic rings. The molecule has 1 saturated heterocycles.